The smallest absolute Gasteiger partial charge is 0.317 e. The average molecular weight is 398 g/mol. The van der Waals surface area contributed by atoms with Gasteiger partial charge in [-0.1, -0.05) is 44.3 Å². The van der Waals surface area contributed by atoms with Crippen LogP contribution in [0.5, 0.6) is 5.75 Å². The van der Waals surface area contributed by atoms with Crippen molar-refractivity contribution in [3.05, 3.63) is 41.7 Å². The van der Waals surface area contributed by atoms with Gasteiger partial charge >= 0.3 is 5.97 Å². The Labute approximate surface area is 173 Å². The molecular weight excluding hydrogens is 365 g/mol. The highest BCUT2D eigenvalue weighted by molar-refractivity contribution is 5.79. The van der Waals surface area contributed by atoms with Gasteiger partial charge in [0.05, 0.1) is 11.0 Å². The van der Waals surface area contributed by atoms with Gasteiger partial charge in [-0.2, -0.15) is 5.26 Å². The van der Waals surface area contributed by atoms with Crippen LogP contribution < -0.4 is 4.74 Å². The molecule has 0 bridgehead atoms. The molecule has 2 saturated carbocycles. The first-order valence-electron chi connectivity index (χ1n) is 11.1. The third-order valence-electron chi connectivity index (χ3n) is 7.03. The summed E-state index contributed by atoms with van der Waals surface area (Å²) in [7, 11) is 0. The molecular formula is C25H32FNO2. The van der Waals surface area contributed by atoms with Crippen LogP contribution in [0.25, 0.3) is 0 Å². The zero-order valence-electron chi connectivity index (χ0n) is 17.5. The summed E-state index contributed by atoms with van der Waals surface area (Å²) in [6.07, 6.45) is 16.3. The summed E-state index contributed by atoms with van der Waals surface area (Å²) >= 11 is 0. The minimum absolute atomic E-state index is 0.0339. The maximum Gasteiger partial charge on any atom is 0.317 e. The Morgan fingerprint density at radius 1 is 1.24 bits per heavy atom. The van der Waals surface area contributed by atoms with E-state index in [2.05, 4.69) is 19.1 Å². The van der Waals surface area contributed by atoms with Crippen LogP contribution in [0.2, 0.25) is 0 Å². The van der Waals surface area contributed by atoms with E-state index < -0.39 is 11.2 Å². The van der Waals surface area contributed by atoms with Crippen molar-refractivity contribution in [1.82, 2.24) is 0 Å². The molecule has 0 spiro atoms. The molecule has 3 nitrogen and oxygen atoms in total. The predicted molar refractivity (Wildman–Crippen MR) is 112 cm³/mol. The minimum Gasteiger partial charge on any atom is -0.426 e. The molecule has 156 valence electrons. The maximum atomic E-state index is 13.9. The Hall–Kier alpha value is -2.15. The molecule has 0 aliphatic heterocycles. The summed E-state index contributed by atoms with van der Waals surface area (Å²) in [6.45, 7) is 2.06. The number of rotatable bonds is 6. The normalized spacial score (nSPS) is 24.2. The molecule has 4 heteroatoms. The third-order valence-corrected chi connectivity index (χ3v) is 7.03. The number of hydrogen-bond donors (Lipinski definition) is 0. The largest absolute Gasteiger partial charge is 0.426 e. The first kappa shape index (κ1) is 21.6. The summed E-state index contributed by atoms with van der Waals surface area (Å²) < 4.78 is 19.6. The average Bonchev–Trinajstić information content (AvgIpc) is 2.75. The summed E-state index contributed by atoms with van der Waals surface area (Å²) in [4.78, 5) is 13.3. The zero-order valence-corrected chi connectivity index (χ0v) is 17.5. The van der Waals surface area contributed by atoms with E-state index in [4.69, 9.17) is 10.00 Å². The number of hydrogen-bond acceptors (Lipinski definition) is 3. The van der Waals surface area contributed by atoms with E-state index in [0.29, 0.717) is 5.92 Å². The van der Waals surface area contributed by atoms with E-state index in [0.717, 1.165) is 56.9 Å². The highest BCUT2D eigenvalue weighted by Gasteiger charge is 2.48. The molecule has 0 saturated heterocycles. The lowest BCUT2D eigenvalue weighted by Crippen LogP contribution is -2.44. The van der Waals surface area contributed by atoms with Crippen LogP contribution in [0.15, 0.2) is 30.4 Å². The third kappa shape index (κ3) is 5.07. The first-order valence-corrected chi connectivity index (χ1v) is 11.1. The molecule has 1 aromatic rings. The minimum atomic E-state index is -0.642. The van der Waals surface area contributed by atoms with Crippen LogP contribution in [-0.2, 0) is 4.79 Å². The molecule has 0 radical (unpaired) electrons. The van der Waals surface area contributed by atoms with Crippen molar-refractivity contribution in [2.24, 2.45) is 17.3 Å². The molecule has 0 heterocycles. The van der Waals surface area contributed by atoms with E-state index in [1.54, 1.807) is 6.07 Å². The lowest BCUT2D eigenvalue weighted by molar-refractivity contribution is -0.153. The van der Waals surface area contributed by atoms with E-state index in [1.807, 2.05) is 0 Å². The van der Waals surface area contributed by atoms with Crippen molar-refractivity contribution in [3.63, 3.8) is 0 Å². The lowest BCUT2D eigenvalue weighted by Gasteiger charge is -2.44. The number of nitrogens with zero attached hydrogens (tertiary/aromatic N) is 1. The standard InChI is InChI=1S/C25H32FNO2/c1-2-3-5-8-19-9-12-21(13-10-19)25(15-6-4-7-16-25)24(28)29-22-14-11-20(18-27)23(26)17-22/h2-3,11,14,17,19,21H,4-10,12-13,15-16H2,1H3/b3-2+. The van der Waals surface area contributed by atoms with Crippen LogP contribution in [0, 0.1) is 34.4 Å². The van der Waals surface area contributed by atoms with Crippen molar-refractivity contribution >= 4 is 5.97 Å². The summed E-state index contributed by atoms with van der Waals surface area (Å²) in [5.74, 6) is 0.482. The number of carbonyl (C=O) groups is 1. The second-order valence-corrected chi connectivity index (χ2v) is 8.72. The molecule has 2 aliphatic rings. The van der Waals surface area contributed by atoms with Gasteiger partial charge in [-0.3, -0.25) is 4.79 Å². The van der Waals surface area contributed by atoms with E-state index >= 15 is 0 Å². The van der Waals surface area contributed by atoms with Gasteiger partial charge in [0, 0.05) is 6.07 Å². The van der Waals surface area contributed by atoms with E-state index in [1.165, 1.54) is 37.8 Å². The Balaban J connectivity index is 1.69. The summed E-state index contributed by atoms with van der Waals surface area (Å²) in [6, 6.07) is 5.86. The topological polar surface area (TPSA) is 50.1 Å². The number of halogens is 1. The van der Waals surface area contributed by atoms with Gasteiger partial charge in [0.25, 0.3) is 0 Å². The van der Waals surface area contributed by atoms with Gasteiger partial charge < -0.3 is 4.74 Å². The molecule has 0 unspecified atom stereocenters. The second-order valence-electron chi connectivity index (χ2n) is 8.72. The number of allylic oxidation sites excluding steroid dienone is 2. The fourth-order valence-electron chi connectivity index (χ4n) is 5.32. The number of benzene rings is 1. The van der Waals surface area contributed by atoms with Gasteiger partial charge in [0.15, 0.2) is 0 Å². The number of carbonyl (C=O) groups excluding carboxylic acids is 1. The SMILES string of the molecule is C/C=C/CCC1CCC(C2(C(=O)Oc3ccc(C#N)c(F)c3)CCCCC2)CC1. The fourth-order valence-corrected chi connectivity index (χ4v) is 5.32. The Bertz CT molecular complexity index is 766. The van der Waals surface area contributed by atoms with Crippen molar-refractivity contribution in [2.75, 3.05) is 0 Å². The lowest BCUT2D eigenvalue weighted by atomic mass is 9.60. The predicted octanol–water partition coefficient (Wildman–Crippen LogP) is 6.72. The summed E-state index contributed by atoms with van der Waals surface area (Å²) in [5, 5.41) is 8.89. The van der Waals surface area contributed by atoms with Crippen molar-refractivity contribution in [3.8, 4) is 11.8 Å². The Morgan fingerprint density at radius 2 is 1.97 bits per heavy atom. The van der Waals surface area contributed by atoms with Crippen molar-refractivity contribution in [1.29, 1.82) is 5.26 Å². The van der Waals surface area contributed by atoms with Crippen LogP contribution in [0.1, 0.15) is 83.1 Å². The maximum absolute atomic E-state index is 13.9. The molecule has 1 aromatic carbocycles. The molecule has 29 heavy (non-hydrogen) atoms. The molecule has 2 aliphatic carbocycles. The highest BCUT2D eigenvalue weighted by Crippen LogP contribution is 2.50. The number of esters is 1. The molecule has 0 atom stereocenters. The fraction of sp³-hybridized carbons (Fsp3) is 0.600. The molecule has 0 amide bonds. The zero-order chi connectivity index (χ0) is 20.7. The number of ether oxygens (including phenoxy) is 1. The van der Waals surface area contributed by atoms with Gasteiger partial charge in [0.2, 0.25) is 0 Å². The van der Waals surface area contributed by atoms with Crippen molar-refractivity contribution in [2.45, 2.75) is 77.6 Å². The second kappa shape index (κ2) is 10.1. The Kier molecular flexibility index (Phi) is 7.47. The van der Waals surface area contributed by atoms with E-state index in [-0.39, 0.29) is 17.3 Å². The highest BCUT2D eigenvalue weighted by atomic mass is 19.1. The van der Waals surface area contributed by atoms with Crippen LogP contribution in [0.4, 0.5) is 4.39 Å². The quantitative estimate of drug-likeness (QED) is 0.304. The van der Waals surface area contributed by atoms with Gasteiger partial charge in [0.1, 0.15) is 17.6 Å². The van der Waals surface area contributed by atoms with Gasteiger partial charge in [-0.25, -0.2) is 4.39 Å². The van der Waals surface area contributed by atoms with Crippen LogP contribution in [-0.4, -0.2) is 5.97 Å². The van der Waals surface area contributed by atoms with E-state index in [9.17, 15) is 9.18 Å². The monoisotopic (exact) mass is 397 g/mol. The van der Waals surface area contributed by atoms with Gasteiger partial charge in [-0.05, 0) is 69.4 Å². The summed E-state index contributed by atoms with van der Waals surface area (Å²) in [5.41, 5.74) is -0.467. The Morgan fingerprint density at radius 3 is 2.59 bits per heavy atom. The molecule has 2 fully saturated rings. The molecule has 3 rings (SSSR count). The van der Waals surface area contributed by atoms with Crippen LogP contribution in [0.3, 0.4) is 0 Å². The molecule has 0 N–H and O–H groups in total. The van der Waals surface area contributed by atoms with Crippen LogP contribution >= 0.6 is 0 Å². The number of nitriles is 1. The first-order chi connectivity index (χ1) is 14.1. The van der Waals surface area contributed by atoms with Gasteiger partial charge in [-0.15, -0.1) is 0 Å². The van der Waals surface area contributed by atoms with Crippen molar-refractivity contribution < 1.29 is 13.9 Å². The molecule has 0 aromatic heterocycles.